The SMILES string of the molecule is CC1CCC2(CC1)NC(=O)N(CC(=O)N1CCC[C@@H]1Cc1cccc(F)c1)C2=O. The predicted octanol–water partition coefficient (Wildman–Crippen LogP) is 2.86. The van der Waals surface area contributed by atoms with Crippen molar-refractivity contribution in [3.63, 3.8) is 0 Å². The second-order valence-corrected chi connectivity index (χ2v) is 8.80. The van der Waals surface area contributed by atoms with Crippen LogP contribution in [0.1, 0.15) is 51.0 Å². The van der Waals surface area contributed by atoms with Gasteiger partial charge in [-0.05, 0) is 68.6 Å². The molecule has 3 fully saturated rings. The summed E-state index contributed by atoms with van der Waals surface area (Å²) in [6.45, 7) is 2.54. The summed E-state index contributed by atoms with van der Waals surface area (Å²) in [4.78, 5) is 41.3. The number of hydrogen-bond donors (Lipinski definition) is 1. The Balaban J connectivity index is 1.41. The lowest BCUT2D eigenvalue weighted by molar-refractivity contribution is -0.140. The van der Waals surface area contributed by atoms with Crippen LogP contribution in [-0.4, -0.2) is 52.3 Å². The summed E-state index contributed by atoms with van der Waals surface area (Å²) in [6, 6.07) is 5.93. The molecular formula is C22H28FN3O3. The molecule has 0 radical (unpaired) electrons. The van der Waals surface area contributed by atoms with Crippen LogP contribution in [-0.2, 0) is 16.0 Å². The molecule has 1 spiro atoms. The van der Waals surface area contributed by atoms with E-state index in [9.17, 15) is 18.8 Å². The minimum Gasteiger partial charge on any atom is -0.338 e. The zero-order chi connectivity index (χ0) is 20.6. The summed E-state index contributed by atoms with van der Waals surface area (Å²) >= 11 is 0. The Morgan fingerprint density at radius 3 is 2.72 bits per heavy atom. The monoisotopic (exact) mass is 401 g/mol. The van der Waals surface area contributed by atoms with Crippen LogP contribution in [0.15, 0.2) is 24.3 Å². The van der Waals surface area contributed by atoms with Crippen molar-refractivity contribution in [2.24, 2.45) is 5.92 Å². The van der Waals surface area contributed by atoms with E-state index >= 15 is 0 Å². The highest BCUT2D eigenvalue weighted by molar-refractivity contribution is 6.09. The molecule has 1 aromatic rings. The molecule has 1 aromatic carbocycles. The highest BCUT2D eigenvalue weighted by Gasteiger charge is 2.52. The van der Waals surface area contributed by atoms with Crippen LogP contribution in [0.5, 0.6) is 0 Å². The van der Waals surface area contributed by atoms with Crippen LogP contribution in [0.3, 0.4) is 0 Å². The van der Waals surface area contributed by atoms with Gasteiger partial charge < -0.3 is 10.2 Å². The largest absolute Gasteiger partial charge is 0.338 e. The summed E-state index contributed by atoms with van der Waals surface area (Å²) < 4.78 is 13.5. The molecule has 1 N–H and O–H groups in total. The third-order valence-electron chi connectivity index (χ3n) is 6.72. The third-order valence-corrected chi connectivity index (χ3v) is 6.72. The molecule has 0 unspecified atom stereocenters. The van der Waals surface area contributed by atoms with Crippen molar-refractivity contribution >= 4 is 17.8 Å². The van der Waals surface area contributed by atoms with Crippen molar-refractivity contribution in [3.05, 3.63) is 35.6 Å². The van der Waals surface area contributed by atoms with E-state index in [1.165, 1.54) is 12.1 Å². The highest BCUT2D eigenvalue weighted by atomic mass is 19.1. The smallest absolute Gasteiger partial charge is 0.325 e. The minimum absolute atomic E-state index is 0.0328. The van der Waals surface area contributed by atoms with Crippen LogP contribution in [0.4, 0.5) is 9.18 Å². The number of nitrogens with zero attached hydrogens (tertiary/aromatic N) is 2. The average molecular weight is 401 g/mol. The number of urea groups is 1. The molecule has 2 aliphatic heterocycles. The Kier molecular flexibility index (Phi) is 5.32. The Labute approximate surface area is 170 Å². The number of likely N-dealkylation sites (tertiary alicyclic amines) is 1. The van der Waals surface area contributed by atoms with Gasteiger partial charge in [0.25, 0.3) is 5.91 Å². The Morgan fingerprint density at radius 2 is 2.00 bits per heavy atom. The van der Waals surface area contributed by atoms with Crippen LogP contribution in [0.2, 0.25) is 0 Å². The molecule has 3 aliphatic rings. The van der Waals surface area contributed by atoms with Crippen molar-refractivity contribution in [1.29, 1.82) is 0 Å². The number of imide groups is 1. The van der Waals surface area contributed by atoms with Crippen molar-refractivity contribution in [2.75, 3.05) is 13.1 Å². The molecule has 0 bridgehead atoms. The van der Waals surface area contributed by atoms with E-state index in [-0.39, 0.29) is 30.2 Å². The normalized spacial score (nSPS) is 29.6. The van der Waals surface area contributed by atoms with Gasteiger partial charge in [0, 0.05) is 12.6 Å². The molecule has 0 aromatic heterocycles. The highest BCUT2D eigenvalue weighted by Crippen LogP contribution is 2.36. The topological polar surface area (TPSA) is 69.7 Å². The summed E-state index contributed by atoms with van der Waals surface area (Å²) in [6.07, 6.45) is 5.35. The fourth-order valence-corrected chi connectivity index (χ4v) is 4.95. The summed E-state index contributed by atoms with van der Waals surface area (Å²) in [5.41, 5.74) is 0.0236. The van der Waals surface area contributed by atoms with Gasteiger partial charge in [0.2, 0.25) is 5.91 Å². The Morgan fingerprint density at radius 1 is 1.24 bits per heavy atom. The van der Waals surface area contributed by atoms with E-state index < -0.39 is 11.6 Å². The number of rotatable bonds is 4. The lowest BCUT2D eigenvalue weighted by Gasteiger charge is -2.33. The lowest BCUT2D eigenvalue weighted by Crippen LogP contribution is -2.50. The van der Waals surface area contributed by atoms with Gasteiger partial charge in [0.15, 0.2) is 0 Å². The first kappa shape index (κ1) is 19.9. The molecular weight excluding hydrogens is 373 g/mol. The first-order valence-electron chi connectivity index (χ1n) is 10.6. The van der Waals surface area contributed by atoms with Crippen molar-refractivity contribution in [2.45, 2.75) is 63.5 Å². The summed E-state index contributed by atoms with van der Waals surface area (Å²) in [5, 5.41) is 2.87. The van der Waals surface area contributed by atoms with E-state index in [4.69, 9.17) is 0 Å². The number of hydrogen-bond acceptors (Lipinski definition) is 3. The minimum atomic E-state index is -0.824. The summed E-state index contributed by atoms with van der Waals surface area (Å²) in [7, 11) is 0. The quantitative estimate of drug-likeness (QED) is 0.789. The van der Waals surface area contributed by atoms with Gasteiger partial charge in [0.05, 0.1) is 0 Å². The van der Waals surface area contributed by atoms with Crippen molar-refractivity contribution in [1.82, 2.24) is 15.1 Å². The first-order chi connectivity index (χ1) is 13.9. The molecule has 4 amide bonds. The zero-order valence-electron chi connectivity index (χ0n) is 16.8. The van der Waals surface area contributed by atoms with Gasteiger partial charge in [-0.25, -0.2) is 9.18 Å². The molecule has 29 heavy (non-hydrogen) atoms. The van der Waals surface area contributed by atoms with E-state index in [0.717, 1.165) is 36.1 Å². The maximum atomic E-state index is 13.5. The molecule has 4 rings (SSSR count). The zero-order valence-corrected chi connectivity index (χ0v) is 16.8. The van der Waals surface area contributed by atoms with Gasteiger partial charge in [-0.3, -0.25) is 14.5 Å². The van der Waals surface area contributed by atoms with E-state index in [2.05, 4.69) is 12.2 Å². The molecule has 6 nitrogen and oxygen atoms in total. The average Bonchev–Trinajstić information content (AvgIpc) is 3.23. The van der Waals surface area contributed by atoms with E-state index in [1.807, 2.05) is 6.07 Å². The number of halogens is 1. The van der Waals surface area contributed by atoms with Gasteiger partial charge >= 0.3 is 6.03 Å². The third kappa shape index (κ3) is 3.87. The molecule has 7 heteroatoms. The van der Waals surface area contributed by atoms with E-state index in [1.54, 1.807) is 11.0 Å². The first-order valence-corrected chi connectivity index (χ1v) is 10.6. The summed E-state index contributed by atoms with van der Waals surface area (Å²) in [5.74, 6) is -0.212. The fraction of sp³-hybridized carbons (Fsp3) is 0.591. The number of carbonyl (C=O) groups excluding carboxylic acids is 3. The predicted molar refractivity (Wildman–Crippen MR) is 105 cm³/mol. The lowest BCUT2D eigenvalue weighted by atomic mass is 9.77. The van der Waals surface area contributed by atoms with Crippen LogP contribution < -0.4 is 5.32 Å². The number of carbonyl (C=O) groups is 3. The molecule has 1 atom stereocenters. The van der Waals surface area contributed by atoms with Crippen molar-refractivity contribution in [3.8, 4) is 0 Å². The Bertz CT molecular complexity index is 819. The van der Waals surface area contributed by atoms with Gasteiger partial charge in [-0.15, -0.1) is 0 Å². The van der Waals surface area contributed by atoms with Crippen LogP contribution in [0.25, 0.3) is 0 Å². The Hall–Kier alpha value is -2.44. The standard InChI is InChI=1S/C22H28FN3O3/c1-15-7-9-22(10-8-15)20(28)26(21(29)24-22)14-19(27)25-11-3-6-18(25)13-16-4-2-5-17(23)12-16/h2,4-5,12,15,18H,3,6-11,13-14H2,1H3,(H,24,29)/t15?,18-,22?/m1/s1. The maximum absolute atomic E-state index is 13.5. The van der Waals surface area contributed by atoms with Crippen LogP contribution >= 0.6 is 0 Å². The van der Waals surface area contributed by atoms with Gasteiger partial charge in [0.1, 0.15) is 17.9 Å². The van der Waals surface area contributed by atoms with Gasteiger partial charge in [-0.2, -0.15) is 0 Å². The molecule has 2 heterocycles. The number of benzene rings is 1. The van der Waals surface area contributed by atoms with E-state index in [0.29, 0.717) is 31.7 Å². The fourth-order valence-electron chi connectivity index (χ4n) is 4.95. The van der Waals surface area contributed by atoms with Crippen LogP contribution in [0, 0.1) is 11.7 Å². The maximum Gasteiger partial charge on any atom is 0.325 e. The molecule has 156 valence electrons. The number of nitrogens with one attached hydrogen (secondary N) is 1. The second kappa shape index (κ2) is 7.76. The number of amides is 4. The van der Waals surface area contributed by atoms with Crippen molar-refractivity contribution < 1.29 is 18.8 Å². The molecule has 1 aliphatic carbocycles. The second-order valence-electron chi connectivity index (χ2n) is 8.80. The molecule has 1 saturated carbocycles. The molecule has 2 saturated heterocycles. The van der Waals surface area contributed by atoms with Gasteiger partial charge in [-0.1, -0.05) is 19.1 Å².